The number of aromatic nitrogens is 1. The van der Waals surface area contributed by atoms with Crippen molar-refractivity contribution in [2.75, 3.05) is 6.61 Å². The van der Waals surface area contributed by atoms with Crippen LogP contribution in [0.5, 0.6) is 0 Å². The SMILES string of the molecule is CCOC(=O)C1CCCc2ncc3ccccc3c21. The Morgan fingerprint density at radius 1 is 1.42 bits per heavy atom. The predicted molar refractivity (Wildman–Crippen MR) is 74.1 cm³/mol. The van der Waals surface area contributed by atoms with Gasteiger partial charge in [-0.25, -0.2) is 0 Å². The van der Waals surface area contributed by atoms with E-state index < -0.39 is 0 Å². The number of pyridine rings is 1. The highest BCUT2D eigenvalue weighted by Gasteiger charge is 2.30. The fraction of sp³-hybridized carbons (Fsp3) is 0.375. The fourth-order valence-electron chi connectivity index (χ4n) is 2.91. The fourth-order valence-corrected chi connectivity index (χ4v) is 2.91. The topological polar surface area (TPSA) is 39.2 Å². The number of nitrogens with zero attached hydrogens (tertiary/aromatic N) is 1. The highest BCUT2D eigenvalue weighted by atomic mass is 16.5. The number of rotatable bonds is 2. The molecular weight excluding hydrogens is 238 g/mol. The molecule has 1 atom stereocenters. The van der Waals surface area contributed by atoms with Gasteiger partial charge in [0, 0.05) is 17.3 Å². The Morgan fingerprint density at radius 2 is 2.26 bits per heavy atom. The Hall–Kier alpha value is -1.90. The van der Waals surface area contributed by atoms with E-state index in [0.29, 0.717) is 6.61 Å². The molecule has 0 radical (unpaired) electrons. The van der Waals surface area contributed by atoms with Gasteiger partial charge in [-0.1, -0.05) is 24.3 Å². The van der Waals surface area contributed by atoms with Gasteiger partial charge in [0.05, 0.1) is 12.5 Å². The van der Waals surface area contributed by atoms with Crippen LogP contribution in [0.15, 0.2) is 30.5 Å². The molecule has 98 valence electrons. The molecule has 1 aliphatic rings. The lowest BCUT2D eigenvalue weighted by Gasteiger charge is -2.24. The van der Waals surface area contributed by atoms with Crippen LogP contribution in [0, 0.1) is 0 Å². The van der Waals surface area contributed by atoms with Gasteiger partial charge in [-0.05, 0) is 37.1 Å². The van der Waals surface area contributed by atoms with Gasteiger partial charge < -0.3 is 4.74 Å². The third kappa shape index (κ3) is 2.09. The van der Waals surface area contributed by atoms with Crippen LogP contribution in [0.1, 0.15) is 36.9 Å². The molecular formula is C16H17NO2. The summed E-state index contributed by atoms with van der Waals surface area (Å²) in [7, 11) is 0. The Bertz CT molecular complexity index is 621. The first-order chi connectivity index (χ1) is 9.31. The number of fused-ring (bicyclic) bond motifs is 3. The van der Waals surface area contributed by atoms with E-state index in [1.165, 1.54) is 0 Å². The highest BCUT2D eigenvalue weighted by Crippen LogP contribution is 2.36. The lowest BCUT2D eigenvalue weighted by Crippen LogP contribution is -2.22. The van der Waals surface area contributed by atoms with Crippen LogP contribution in [-0.2, 0) is 16.0 Å². The highest BCUT2D eigenvalue weighted by molar-refractivity contribution is 5.91. The molecule has 0 saturated carbocycles. The van der Waals surface area contributed by atoms with Crippen molar-refractivity contribution in [3.63, 3.8) is 0 Å². The van der Waals surface area contributed by atoms with Crippen LogP contribution >= 0.6 is 0 Å². The van der Waals surface area contributed by atoms with Gasteiger partial charge in [-0.3, -0.25) is 9.78 Å². The molecule has 3 heteroatoms. The van der Waals surface area contributed by atoms with Crippen molar-refractivity contribution in [2.45, 2.75) is 32.1 Å². The zero-order valence-electron chi connectivity index (χ0n) is 11.1. The normalized spacial score (nSPS) is 18.1. The van der Waals surface area contributed by atoms with Gasteiger partial charge in [-0.2, -0.15) is 0 Å². The molecule has 19 heavy (non-hydrogen) atoms. The lowest BCUT2D eigenvalue weighted by molar-refractivity contribution is -0.145. The minimum absolute atomic E-state index is 0.110. The van der Waals surface area contributed by atoms with E-state index in [4.69, 9.17) is 4.74 Å². The van der Waals surface area contributed by atoms with Crippen molar-refractivity contribution in [3.8, 4) is 0 Å². The number of carbonyl (C=O) groups excluding carboxylic acids is 1. The number of aryl methyl sites for hydroxylation is 1. The monoisotopic (exact) mass is 255 g/mol. The van der Waals surface area contributed by atoms with Gasteiger partial charge >= 0.3 is 5.97 Å². The summed E-state index contributed by atoms with van der Waals surface area (Å²) in [5.41, 5.74) is 2.14. The molecule has 2 aromatic rings. The van der Waals surface area contributed by atoms with E-state index in [9.17, 15) is 4.79 Å². The summed E-state index contributed by atoms with van der Waals surface area (Å²) in [4.78, 5) is 16.7. The molecule has 1 aromatic heterocycles. The maximum atomic E-state index is 12.2. The summed E-state index contributed by atoms with van der Waals surface area (Å²) < 4.78 is 5.22. The van der Waals surface area contributed by atoms with Crippen LogP contribution < -0.4 is 0 Å². The Labute approximate surface area is 112 Å². The number of hydrogen-bond acceptors (Lipinski definition) is 3. The summed E-state index contributed by atoms with van der Waals surface area (Å²) >= 11 is 0. The molecule has 0 aliphatic heterocycles. The molecule has 3 rings (SSSR count). The third-order valence-electron chi connectivity index (χ3n) is 3.75. The lowest BCUT2D eigenvalue weighted by atomic mass is 9.83. The van der Waals surface area contributed by atoms with Crippen molar-refractivity contribution in [1.82, 2.24) is 4.98 Å². The summed E-state index contributed by atoms with van der Waals surface area (Å²) in [6, 6.07) is 8.13. The summed E-state index contributed by atoms with van der Waals surface area (Å²) in [6.07, 6.45) is 4.72. The van der Waals surface area contributed by atoms with Crippen molar-refractivity contribution < 1.29 is 9.53 Å². The number of benzene rings is 1. The molecule has 0 saturated heterocycles. The van der Waals surface area contributed by atoms with E-state index >= 15 is 0 Å². The van der Waals surface area contributed by atoms with E-state index in [2.05, 4.69) is 11.1 Å². The van der Waals surface area contributed by atoms with E-state index in [1.54, 1.807) is 0 Å². The number of hydrogen-bond donors (Lipinski definition) is 0. The Morgan fingerprint density at radius 3 is 3.11 bits per heavy atom. The summed E-state index contributed by atoms with van der Waals surface area (Å²) in [5.74, 6) is -0.260. The third-order valence-corrected chi connectivity index (χ3v) is 3.75. The van der Waals surface area contributed by atoms with Gasteiger partial charge in [0.1, 0.15) is 0 Å². The minimum Gasteiger partial charge on any atom is -0.466 e. The second-order valence-electron chi connectivity index (χ2n) is 4.90. The zero-order chi connectivity index (χ0) is 13.2. The van der Waals surface area contributed by atoms with Crippen molar-refractivity contribution in [3.05, 3.63) is 41.7 Å². The molecule has 0 bridgehead atoms. The molecule has 1 aliphatic carbocycles. The van der Waals surface area contributed by atoms with Gasteiger partial charge in [0.25, 0.3) is 0 Å². The number of esters is 1. The molecule has 0 fully saturated rings. The number of ether oxygens (including phenoxy) is 1. The molecule has 1 unspecified atom stereocenters. The Kier molecular flexibility index (Phi) is 3.20. The van der Waals surface area contributed by atoms with Crippen LogP contribution in [0.4, 0.5) is 0 Å². The van der Waals surface area contributed by atoms with Crippen molar-refractivity contribution >= 4 is 16.7 Å². The molecule has 1 heterocycles. The molecule has 1 aromatic carbocycles. The second-order valence-corrected chi connectivity index (χ2v) is 4.90. The average molecular weight is 255 g/mol. The summed E-state index contributed by atoms with van der Waals surface area (Å²) in [5, 5.41) is 2.24. The van der Waals surface area contributed by atoms with Crippen LogP contribution in [0.2, 0.25) is 0 Å². The molecule has 3 nitrogen and oxygen atoms in total. The zero-order valence-corrected chi connectivity index (χ0v) is 11.1. The van der Waals surface area contributed by atoms with E-state index in [1.807, 2.05) is 31.3 Å². The van der Waals surface area contributed by atoms with Gasteiger partial charge in [0.2, 0.25) is 0 Å². The van der Waals surface area contributed by atoms with Gasteiger partial charge in [-0.15, -0.1) is 0 Å². The first-order valence-corrected chi connectivity index (χ1v) is 6.84. The van der Waals surface area contributed by atoms with Crippen molar-refractivity contribution in [2.24, 2.45) is 0 Å². The molecule has 0 N–H and O–H groups in total. The smallest absolute Gasteiger partial charge is 0.313 e. The Balaban J connectivity index is 2.16. The first-order valence-electron chi connectivity index (χ1n) is 6.84. The quantitative estimate of drug-likeness (QED) is 0.773. The van der Waals surface area contributed by atoms with Crippen molar-refractivity contribution in [1.29, 1.82) is 0 Å². The first kappa shape index (κ1) is 12.2. The average Bonchev–Trinajstić information content (AvgIpc) is 2.46. The van der Waals surface area contributed by atoms with E-state index in [0.717, 1.165) is 41.3 Å². The standard InChI is InChI=1S/C16H17NO2/c1-2-19-16(18)13-8-5-9-14-15(13)12-7-4-3-6-11(12)10-17-14/h3-4,6-7,10,13H,2,5,8-9H2,1H3. The number of carbonyl (C=O) groups is 1. The molecule has 0 amide bonds. The largest absolute Gasteiger partial charge is 0.466 e. The maximum absolute atomic E-state index is 12.2. The minimum atomic E-state index is -0.151. The van der Waals surface area contributed by atoms with Crippen LogP contribution in [0.25, 0.3) is 10.8 Å². The predicted octanol–water partition coefficient (Wildman–Crippen LogP) is 3.22. The maximum Gasteiger partial charge on any atom is 0.313 e. The van der Waals surface area contributed by atoms with Crippen LogP contribution in [-0.4, -0.2) is 17.6 Å². The van der Waals surface area contributed by atoms with Gasteiger partial charge in [0.15, 0.2) is 0 Å². The van der Waals surface area contributed by atoms with Crippen LogP contribution in [0.3, 0.4) is 0 Å². The second kappa shape index (κ2) is 5.00. The summed E-state index contributed by atoms with van der Waals surface area (Å²) in [6.45, 7) is 2.28. The van der Waals surface area contributed by atoms with E-state index in [-0.39, 0.29) is 11.9 Å². The molecule has 0 spiro atoms.